The van der Waals surface area contributed by atoms with E-state index in [1.165, 1.54) is 0 Å². The minimum Gasteiger partial charge on any atom is -0.461 e. The van der Waals surface area contributed by atoms with E-state index >= 15 is 0 Å². The first-order valence-corrected chi connectivity index (χ1v) is 11.6. The summed E-state index contributed by atoms with van der Waals surface area (Å²) in [5.74, 6) is -1.17. The van der Waals surface area contributed by atoms with E-state index in [0.717, 1.165) is 5.56 Å². The summed E-state index contributed by atoms with van der Waals surface area (Å²) >= 11 is 0. The number of urea groups is 1. The van der Waals surface area contributed by atoms with Crippen LogP contribution in [0.15, 0.2) is 24.3 Å². The maximum absolute atomic E-state index is 12.9. The third-order valence-electron chi connectivity index (χ3n) is 5.60. The number of carbonyl (C=O) groups is 4. The van der Waals surface area contributed by atoms with Gasteiger partial charge in [0.25, 0.3) is 0 Å². The van der Waals surface area contributed by atoms with Crippen molar-refractivity contribution in [3.8, 4) is 0 Å². The van der Waals surface area contributed by atoms with E-state index in [4.69, 9.17) is 16.2 Å². The van der Waals surface area contributed by atoms with Crippen molar-refractivity contribution in [2.45, 2.75) is 66.2 Å². The maximum atomic E-state index is 12.9. The molecule has 3 atom stereocenters. The summed E-state index contributed by atoms with van der Waals surface area (Å²) in [7, 11) is 0. The molecule has 0 aromatic heterocycles. The quantitative estimate of drug-likeness (QED) is 0.215. The molecule has 0 spiro atoms. The monoisotopic (exact) mass is 477 g/mol. The van der Waals surface area contributed by atoms with Crippen LogP contribution in [0.5, 0.6) is 0 Å². The third kappa shape index (κ3) is 10.2. The molecule has 1 aromatic rings. The van der Waals surface area contributed by atoms with Crippen LogP contribution in [0.4, 0.5) is 10.5 Å². The molecular formula is C24H39N5O5. The van der Waals surface area contributed by atoms with Crippen molar-refractivity contribution in [1.29, 1.82) is 0 Å². The lowest BCUT2D eigenvalue weighted by Gasteiger charge is -2.22. The van der Waals surface area contributed by atoms with Crippen LogP contribution < -0.4 is 27.4 Å². The molecule has 0 heterocycles. The summed E-state index contributed by atoms with van der Waals surface area (Å²) < 4.78 is 5.34. The Morgan fingerprint density at radius 3 is 2.09 bits per heavy atom. The lowest BCUT2D eigenvalue weighted by Crippen LogP contribution is -2.51. The highest BCUT2D eigenvalue weighted by atomic mass is 16.5. The summed E-state index contributed by atoms with van der Waals surface area (Å²) in [5, 5.41) is 7.93. The molecule has 1 aromatic carbocycles. The van der Waals surface area contributed by atoms with Crippen LogP contribution >= 0.6 is 0 Å². The van der Waals surface area contributed by atoms with Gasteiger partial charge < -0.3 is 32.2 Å². The van der Waals surface area contributed by atoms with Gasteiger partial charge in [-0.25, -0.2) is 4.79 Å². The zero-order chi connectivity index (χ0) is 25.8. The Morgan fingerprint density at radius 2 is 1.56 bits per heavy atom. The molecule has 1 unspecified atom stereocenters. The van der Waals surface area contributed by atoms with Gasteiger partial charge in [0, 0.05) is 12.2 Å². The molecule has 0 aliphatic heterocycles. The molecule has 0 saturated carbocycles. The van der Waals surface area contributed by atoms with Gasteiger partial charge in [0.2, 0.25) is 11.8 Å². The highest BCUT2D eigenvalue weighted by Gasteiger charge is 2.25. The van der Waals surface area contributed by atoms with Crippen LogP contribution in [-0.2, 0) is 25.7 Å². The van der Waals surface area contributed by atoms with Gasteiger partial charge in [0.1, 0.15) is 12.6 Å². The second-order valence-electron chi connectivity index (χ2n) is 9.09. The Labute approximate surface area is 201 Å². The van der Waals surface area contributed by atoms with Gasteiger partial charge in [-0.3, -0.25) is 14.4 Å². The summed E-state index contributed by atoms with van der Waals surface area (Å²) in [6.07, 6.45) is 0.710. The van der Waals surface area contributed by atoms with Crippen molar-refractivity contribution in [3.63, 3.8) is 0 Å². The highest BCUT2D eigenvalue weighted by Crippen LogP contribution is 2.15. The highest BCUT2D eigenvalue weighted by molar-refractivity contribution is 5.97. The van der Waals surface area contributed by atoms with Crippen molar-refractivity contribution in [2.75, 3.05) is 11.9 Å². The predicted molar refractivity (Wildman–Crippen MR) is 130 cm³/mol. The van der Waals surface area contributed by atoms with E-state index in [2.05, 4.69) is 16.0 Å². The van der Waals surface area contributed by atoms with Gasteiger partial charge in [-0.05, 0) is 42.4 Å². The summed E-state index contributed by atoms with van der Waals surface area (Å²) in [6, 6.07) is 4.64. The number of hydrogen-bond donors (Lipinski definition) is 5. The Morgan fingerprint density at radius 1 is 0.941 bits per heavy atom. The number of nitrogens with two attached hydrogens (primary N) is 2. The maximum Gasteiger partial charge on any atom is 0.312 e. The lowest BCUT2D eigenvalue weighted by molar-refractivity contribution is -0.150. The molecule has 0 aliphatic rings. The van der Waals surface area contributed by atoms with Gasteiger partial charge in [-0.15, -0.1) is 0 Å². The van der Waals surface area contributed by atoms with Crippen molar-refractivity contribution >= 4 is 29.5 Å². The number of carbonyl (C=O) groups excluding carboxylic acids is 4. The standard InChI is InChI=1S/C24H39N5O5/c1-14(2)16(5)23(32)34-13-17-8-10-18(11-9-17)28-21(30)19(7-6-12-27-24(26)33)29-22(31)20(25)15(3)4/h8-11,14-16,19-20H,6-7,12-13,25H2,1-5H3,(H,28,30)(H,29,31)(H3,26,27,33)/t16?,19-,20-/m0/s1. The van der Waals surface area contributed by atoms with Gasteiger partial charge in [0.05, 0.1) is 12.0 Å². The second-order valence-corrected chi connectivity index (χ2v) is 9.09. The number of rotatable bonds is 13. The molecule has 190 valence electrons. The first kappa shape index (κ1) is 28.9. The topological polar surface area (TPSA) is 166 Å². The van der Waals surface area contributed by atoms with Crippen LogP contribution in [0.3, 0.4) is 0 Å². The fourth-order valence-corrected chi connectivity index (χ4v) is 2.83. The first-order valence-electron chi connectivity index (χ1n) is 11.6. The minimum atomic E-state index is -0.842. The van der Waals surface area contributed by atoms with Crippen LogP contribution in [0.2, 0.25) is 0 Å². The SMILES string of the molecule is CC(C)C(C)C(=O)OCc1ccc(NC(=O)[C@H](CCCNC(N)=O)NC(=O)[C@@H](N)C(C)C)cc1. The first-order chi connectivity index (χ1) is 15.9. The van der Waals surface area contributed by atoms with E-state index in [0.29, 0.717) is 12.1 Å². The Bertz CT molecular complexity index is 826. The van der Waals surface area contributed by atoms with Crippen LogP contribution in [0.25, 0.3) is 0 Å². The fourth-order valence-electron chi connectivity index (χ4n) is 2.83. The molecule has 34 heavy (non-hydrogen) atoms. The normalized spacial score (nSPS) is 13.6. The summed E-state index contributed by atoms with van der Waals surface area (Å²) in [6.45, 7) is 9.81. The Balaban J connectivity index is 2.74. The fraction of sp³-hybridized carbons (Fsp3) is 0.583. The number of benzene rings is 1. The summed E-state index contributed by atoms with van der Waals surface area (Å²) in [4.78, 5) is 48.1. The Kier molecular flexibility index (Phi) is 12.1. The molecular weight excluding hydrogens is 438 g/mol. The van der Waals surface area contributed by atoms with E-state index in [1.54, 1.807) is 24.3 Å². The largest absolute Gasteiger partial charge is 0.461 e. The number of amides is 4. The number of anilines is 1. The molecule has 0 aliphatic carbocycles. The van der Waals surface area contributed by atoms with Crippen molar-refractivity contribution in [3.05, 3.63) is 29.8 Å². The average Bonchev–Trinajstić information content (AvgIpc) is 2.78. The average molecular weight is 478 g/mol. The number of primary amides is 1. The number of hydrogen-bond acceptors (Lipinski definition) is 6. The van der Waals surface area contributed by atoms with Crippen molar-refractivity contribution in [1.82, 2.24) is 10.6 Å². The molecule has 10 heteroatoms. The van der Waals surface area contributed by atoms with Gasteiger partial charge >= 0.3 is 12.0 Å². The second kappa shape index (κ2) is 14.2. The van der Waals surface area contributed by atoms with E-state index < -0.39 is 29.9 Å². The molecule has 7 N–H and O–H groups in total. The third-order valence-corrected chi connectivity index (χ3v) is 5.60. The zero-order valence-corrected chi connectivity index (χ0v) is 20.7. The zero-order valence-electron chi connectivity index (χ0n) is 20.7. The molecule has 0 saturated heterocycles. The van der Waals surface area contributed by atoms with Gasteiger partial charge in [-0.1, -0.05) is 46.8 Å². The number of nitrogens with one attached hydrogen (secondary N) is 3. The predicted octanol–water partition coefficient (Wildman–Crippen LogP) is 1.88. The molecule has 0 fully saturated rings. The van der Waals surface area contributed by atoms with Crippen LogP contribution in [-0.4, -0.2) is 42.4 Å². The molecule has 0 radical (unpaired) electrons. The van der Waals surface area contributed by atoms with Crippen molar-refractivity contribution in [2.24, 2.45) is 29.2 Å². The van der Waals surface area contributed by atoms with Crippen LogP contribution in [0, 0.1) is 17.8 Å². The van der Waals surface area contributed by atoms with Gasteiger partial charge in [0.15, 0.2) is 0 Å². The van der Waals surface area contributed by atoms with E-state index in [-0.39, 0.29) is 43.3 Å². The molecule has 0 bridgehead atoms. The Hall–Kier alpha value is -3.14. The summed E-state index contributed by atoms with van der Waals surface area (Å²) in [5.41, 5.74) is 12.3. The van der Waals surface area contributed by atoms with Crippen LogP contribution in [0.1, 0.15) is 53.0 Å². The number of ether oxygens (including phenoxy) is 1. The minimum absolute atomic E-state index is 0.0922. The van der Waals surface area contributed by atoms with Gasteiger partial charge in [-0.2, -0.15) is 0 Å². The molecule has 4 amide bonds. The van der Waals surface area contributed by atoms with E-state index in [1.807, 2.05) is 34.6 Å². The smallest absolute Gasteiger partial charge is 0.312 e. The molecule has 1 rings (SSSR count). The van der Waals surface area contributed by atoms with E-state index in [9.17, 15) is 19.2 Å². The molecule has 10 nitrogen and oxygen atoms in total. The lowest BCUT2D eigenvalue weighted by atomic mass is 9.99. The van der Waals surface area contributed by atoms with Crippen molar-refractivity contribution < 1.29 is 23.9 Å². The number of esters is 1.